The van der Waals surface area contributed by atoms with Crippen molar-refractivity contribution in [2.75, 3.05) is 11.9 Å². The average molecular weight is 260 g/mol. The zero-order valence-corrected chi connectivity index (χ0v) is 11.2. The first-order valence-electron chi connectivity index (χ1n) is 7.08. The quantitative estimate of drug-likeness (QED) is 0.873. The molecule has 2 saturated carbocycles. The molecule has 0 saturated heterocycles. The molecule has 102 valence electrons. The predicted octanol–water partition coefficient (Wildman–Crippen LogP) is 2.94. The fraction of sp³-hybridized carbons (Fsp3) is 0.600. The van der Waals surface area contributed by atoms with Crippen molar-refractivity contribution in [1.29, 1.82) is 0 Å². The summed E-state index contributed by atoms with van der Waals surface area (Å²) in [5.41, 5.74) is 1.07. The Labute approximate surface area is 113 Å². The maximum Gasteiger partial charge on any atom is 0.339 e. The highest BCUT2D eigenvalue weighted by Crippen LogP contribution is 2.48. The Bertz CT molecular complexity index is 501. The van der Waals surface area contributed by atoms with Crippen molar-refractivity contribution in [3.05, 3.63) is 23.4 Å². The van der Waals surface area contributed by atoms with Gasteiger partial charge in [-0.05, 0) is 55.6 Å². The summed E-state index contributed by atoms with van der Waals surface area (Å²) in [7, 11) is 0. The monoisotopic (exact) mass is 260 g/mol. The number of aromatic nitrogens is 1. The lowest BCUT2D eigenvalue weighted by Crippen LogP contribution is -2.22. The van der Waals surface area contributed by atoms with Gasteiger partial charge in [-0.15, -0.1) is 0 Å². The third kappa shape index (κ3) is 2.31. The fourth-order valence-electron chi connectivity index (χ4n) is 3.82. The average Bonchev–Trinajstić information content (AvgIpc) is 2.97. The van der Waals surface area contributed by atoms with Gasteiger partial charge in [0.15, 0.2) is 0 Å². The molecular formula is C15H20N2O2. The highest BCUT2D eigenvalue weighted by atomic mass is 16.4. The van der Waals surface area contributed by atoms with Gasteiger partial charge in [0.25, 0.3) is 0 Å². The summed E-state index contributed by atoms with van der Waals surface area (Å²) >= 11 is 0. The van der Waals surface area contributed by atoms with Gasteiger partial charge in [0.2, 0.25) is 0 Å². The van der Waals surface area contributed by atoms with Crippen LogP contribution >= 0.6 is 0 Å². The molecule has 3 rings (SSSR count). The molecule has 19 heavy (non-hydrogen) atoms. The fourth-order valence-corrected chi connectivity index (χ4v) is 3.82. The van der Waals surface area contributed by atoms with E-state index in [2.05, 4.69) is 10.3 Å². The molecule has 4 heteroatoms. The minimum Gasteiger partial charge on any atom is -0.478 e. The molecule has 0 aromatic carbocycles. The van der Waals surface area contributed by atoms with Gasteiger partial charge in [-0.2, -0.15) is 0 Å². The summed E-state index contributed by atoms with van der Waals surface area (Å²) in [4.78, 5) is 15.5. The van der Waals surface area contributed by atoms with Crippen molar-refractivity contribution in [1.82, 2.24) is 4.98 Å². The largest absolute Gasteiger partial charge is 0.478 e. The number of anilines is 1. The predicted molar refractivity (Wildman–Crippen MR) is 73.4 cm³/mol. The van der Waals surface area contributed by atoms with E-state index in [1.807, 2.05) is 6.92 Å². The number of pyridine rings is 1. The van der Waals surface area contributed by atoms with Gasteiger partial charge < -0.3 is 10.4 Å². The molecule has 0 spiro atoms. The molecule has 0 radical (unpaired) electrons. The molecule has 2 aliphatic carbocycles. The van der Waals surface area contributed by atoms with E-state index < -0.39 is 5.97 Å². The van der Waals surface area contributed by atoms with Gasteiger partial charge in [0.05, 0.1) is 0 Å². The second-order valence-corrected chi connectivity index (χ2v) is 5.97. The molecular weight excluding hydrogens is 240 g/mol. The maximum absolute atomic E-state index is 11.3. The Hall–Kier alpha value is -1.58. The summed E-state index contributed by atoms with van der Waals surface area (Å²) in [6.45, 7) is 2.67. The van der Waals surface area contributed by atoms with Crippen LogP contribution in [0.1, 0.15) is 41.6 Å². The number of hydrogen-bond donors (Lipinski definition) is 2. The second kappa shape index (κ2) is 4.83. The minimum absolute atomic E-state index is 0.311. The number of carbonyl (C=O) groups is 1. The van der Waals surface area contributed by atoms with Crippen LogP contribution in [0.15, 0.2) is 12.3 Å². The first-order chi connectivity index (χ1) is 9.15. The van der Waals surface area contributed by atoms with Crippen molar-refractivity contribution >= 4 is 11.8 Å². The highest BCUT2D eigenvalue weighted by Gasteiger charge is 2.39. The van der Waals surface area contributed by atoms with E-state index in [0.29, 0.717) is 17.3 Å². The zero-order valence-electron chi connectivity index (χ0n) is 11.2. The zero-order chi connectivity index (χ0) is 13.4. The smallest absolute Gasteiger partial charge is 0.339 e. The molecule has 0 amide bonds. The maximum atomic E-state index is 11.3. The molecule has 3 unspecified atom stereocenters. The standard InChI is InChI=1S/C15H20N2O2/c1-9-4-5-16-14(13(9)15(18)19)17-8-12-7-10-2-3-11(12)6-10/h4-5,10-12H,2-3,6-8H2,1H3,(H,16,17)(H,18,19). The Morgan fingerprint density at radius 3 is 2.95 bits per heavy atom. The highest BCUT2D eigenvalue weighted by molar-refractivity contribution is 5.94. The van der Waals surface area contributed by atoms with Crippen molar-refractivity contribution in [3.8, 4) is 0 Å². The van der Waals surface area contributed by atoms with Gasteiger partial charge >= 0.3 is 5.97 Å². The lowest BCUT2D eigenvalue weighted by Gasteiger charge is -2.22. The molecule has 1 heterocycles. The normalized spacial score (nSPS) is 28.6. The van der Waals surface area contributed by atoms with Crippen molar-refractivity contribution < 1.29 is 9.90 Å². The Kier molecular flexibility index (Phi) is 3.17. The van der Waals surface area contributed by atoms with E-state index in [0.717, 1.165) is 23.9 Å². The van der Waals surface area contributed by atoms with Gasteiger partial charge in [-0.25, -0.2) is 9.78 Å². The molecule has 2 N–H and O–H groups in total. The van der Waals surface area contributed by atoms with E-state index in [9.17, 15) is 9.90 Å². The van der Waals surface area contributed by atoms with Gasteiger partial charge in [-0.3, -0.25) is 0 Å². The number of carboxylic acid groups (broad SMARTS) is 1. The van der Waals surface area contributed by atoms with E-state index in [1.54, 1.807) is 12.3 Å². The van der Waals surface area contributed by atoms with Gasteiger partial charge in [-0.1, -0.05) is 6.42 Å². The van der Waals surface area contributed by atoms with Crippen LogP contribution in [0.3, 0.4) is 0 Å². The van der Waals surface area contributed by atoms with Gasteiger partial charge in [0.1, 0.15) is 11.4 Å². The van der Waals surface area contributed by atoms with Crippen LogP contribution in [-0.4, -0.2) is 22.6 Å². The first-order valence-corrected chi connectivity index (χ1v) is 7.08. The summed E-state index contributed by atoms with van der Waals surface area (Å²) < 4.78 is 0. The number of nitrogens with zero attached hydrogens (tertiary/aromatic N) is 1. The number of carboxylic acids is 1. The van der Waals surface area contributed by atoms with Crippen LogP contribution in [0.25, 0.3) is 0 Å². The Balaban J connectivity index is 1.70. The summed E-state index contributed by atoms with van der Waals surface area (Å²) in [6, 6.07) is 1.74. The molecule has 3 atom stereocenters. The van der Waals surface area contributed by atoms with Crippen LogP contribution in [0.2, 0.25) is 0 Å². The molecule has 2 fully saturated rings. The minimum atomic E-state index is -0.902. The molecule has 4 nitrogen and oxygen atoms in total. The molecule has 1 aromatic rings. The topological polar surface area (TPSA) is 62.2 Å². The Morgan fingerprint density at radius 2 is 2.32 bits per heavy atom. The number of aryl methyl sites for hydroxylation is 1. The number of aromatic carboxylic acids is 1. The summed E-state index contributed by atoms with van der Waals surface area (Å²) in [5.74, 6) is 2.08. The van der Waals surface area contributed by atoms with E-state index in [-0.39, 0.29) is 0 Å². The van der Waals surface area contributed by atoms with Crippen LogP contribution in [0, 0.1) is 24.7 Å². The van der Waals surface area contributed by atoms with Crippen LogP contribution < -0.4 is 5.32 Å². The van der Waals surface area contributed by atoms with Crippen molar-refractivity contribution in [2.24, 2.45) is 17.8 Å². The van der Waals surface area contributed by atoms with E-state index in [1.165, 1.54) is 25.7 Å². The lowest BCUT2D eigenvalue weighted by atomic mass is 9.89. The SMILES string of the molecule is Cc1ccnc(NCC2CC3CCC2C3)c1C(=O)O. The lowest BCUT2D eigenvalue weighted by molar-refractivity contribution is 0.0696. The van der Waals surface area contributed by atoms with Crippen LogP contribution in [0.5, 0.6) is 0 Å². The van der Waals surface area contributed by atoms with Gasteiger partial charge in [0, 0.05) is 12.7 Å². The number of hydrogen-bond acceptors (Lipinski definition) is 3. The molecule has 2 bridgehead atoms. The van der Waals surface area contributed by atoms with Crippen molar-refractivity contribution in [2.45, 2.75) is 32.6 Å². The Morgan fingerprint density at radius 1 is 1.47 bits per heavy atom. The number of fused-ring (bicyclic) bond motifs is 2. The van der Waals surface area contributed by atoms with Crippen LogP contribution in [-0.2, 0) is 0 Å². The van der Waals surface area contributed by atoms with E-state index >= 15 is 0 Å². The summed E-state index contributed by atoms with van der Waals surface area (Å²) in [6.07, 6.45) is 7.09. The third-order valence-electron chi connectivity index (χ3n) is 4.79. The third-order valence-corrected chi connectivity index (χ3v) is 4.79. The molecule has 1 aromatic heterocycles. The van der Waals surface area contributed by atoms with Crippen molar-refractivity contribution in [3.63, 3.8) is 0 Å². The number of rotatable bonds is 4. The molecule has 0 aliphatic heterocycles. The second-order valence-electron chi connectivity index (χ2n) is 5.97. The number of nitrogens with one attached hydrogen (secondary N) is 1. The van der Waals surface area contributed by atoms with Crippen LogP contribution in [0.4, 0.5) is 5.82 Å². The summed E-state index contributed by atoms with van der Waals surface area (Å²) in [5, 5.41) is 12.5. The first kappa shape index (κ1) is 12.5. The van der Waals surface area contributed by atoms with E-state index in [4.69, 9.17) is 0 Å². The molecule has 2 aliphatic rings.